The van der Waals surface area contributed by atoms with E-state index in [0.717, 1.165) is 0 Å². The highest BCUT2D eigenvalue weighted by molar-refractivity contribution is 6.41. The van der Waals surface area contributed by atoms with Crippen LogP contribution in [0.1, 0.15) is 11.6 Å². The highest BCUT2D eigenvalue weighted by Crippen LogP contribution is 2.22. The number of hydrogen-bond acceptors (Lipinski definition) is 4. The van der Waals surface area contributed by atoms with Crippen molar-refractivity contribution in [2.75, 3.05) is 7.11 Å². The molecular weight excluding hydrogens is 227 g/mol. The summed E-state index contributed by atoms with van der Waals surface area (Å²) >= 11 is 11.3. The number of nitrogens with zero attached hydrogens (tertiary/aromatic N) is 1. The lowest BCUT2D eigenvalue weighted by Gasteiger charge is -2.09. The minimum absolute atomic E-state index is 0.174. The van der Waals surface area contributed by atoms with Crippen LogP contribution in [-0.4, -0.2) is 18.1 Å². The lowest BCUT2D eigenvalue weighted by atomic mass is 10.1. The maximum absolute atomic E-state index is 11.1. The molecule has 0 aromatic carbocycles. The first-order valence-electron chi connectivity index (χ1n) is 3.70. The Kier molecular flexibility index (Phi) is 3.69. The third-order valence-corrected chi connectivity index (χ3v) is 2.32. The number of rotatable bonds is 2. The molecule has 0 radical (unpaired) electrons. The van der Waals surface area contributed by atoms with E-state index in [1.54, 1.807) is 0 Å². The van der Waals surface area contributed by atoms with Crippen molar-refractivity contribution >= 4 is 29.2 Å². The van der Waals surface area contributed by atoms with Crippen molar-refractivity contribution < 1.29 is 9.53 Å². The topological polar surface area (TPSA) is 65.2 Å². The van der Waals surface area contributed by atoms with Gasteiger partial charge in [-0.3, -0.25) is 4.79 Å². The molecule has 0 aliphatic heterocycles. The van der Waals surface area contributed by atoms with Crippen LogP contribution in [0.25, 0.3) is 0 Å². The number of aromatic nitrogens is 1. The quantitative estimate of drug-likeness (QED) is 0.624. The second kappa shape index (κ2) is 4.59. The van der Waals surface area contributed by atoms with Crippen molar-refractivity contribution in [1.82, 2.24) is 4.98 Å². The van der Waals surface area contributed by atoms with Gasteiger partial charge in [0.05, 0.1) is 12.1 Å². The molecular formula is C8H8Cl2N2O2. The SMILES string of the molecule is COC(=O)C(N)c1cnc(Cl)c(Cl)c1. The van der Waals surface area contributed by atoms with Crippen LogP contribution in [0.15, 0.2) is 12.3 Å². The maximum atomic E-state index is 11.1. The molecule has 0 saturated carbocycles. The first kappa shape index (κ1) is 11.2. The van der Waals surface area contributed by atoms with E-state index in [1.165, 1.54) is 19.4 Å². The predicted octanol–water partition coefficient (Wildman–Crippen LogP) is 1.56. The number of ether oxygens (including phenoxy) is 1. The largest absolute Gasteiger partial charge is 0.468 e. The fourth-order valence-electron chi connectivity index (χ4n) is 0.869. The molecule has 0 aliphatic rings. The van der Waals surface area contributed by atoms with E-state index in [4.69, 9.17) is 28.9 Å². The van der Waals surface area contributed by atoms with E-state index >= 15 is 0 Å². The van der Waals surface area contributed by atoms with Gasteiger partial charge in [0.2, 0.25) is 0 Å². The summed E-state index contributed by atoms with van der Waals surface area (Å²) in [5, 5.41) is 0.427. The van der Waals surface area contributed by atoms with Gasteiger partial charge in [-0.25, -0.2) is 4.98 Å². The summed E-state index contributed by atoms with van der Waals surface area (Å²) in [6.45, 7) is 0. The van der Waals surface area contributed by atoms with Gasteiger partial charge in [0, 0.05) is 6.20 Å². The first-order valence-corrected chi connectivity index (χ1v) is 4.46. The van der Waals surface area contributed by atoms with Crippen molar-refractivity contribution in [3.63, 3.8) is 0 Å². The minimum atomic E-state index is -0.887. The van der Waals surface area contributed by atoms with Crippen LogP contribution in [-0.2, 0) is 9.53 Å². The number of methoxy groups -OCH3 is 1. The van der Waals surface area contributed by atoms with E-state index in [-0.39, 0.29) is 10.2 Å². The van der Waals surface area contributed by atoms with Gasteiger partial charge in [0.1, 0.15) is 11.2 Å². The van der Waals surface area contributed by atoms with Crippen LogP contribution in [0, 0.1) is 0 Å². The molecule has 6 heteroatoms. The lowest BCUT2D eigenvalue weighted by molar-refractivity contribution is -0.142. The molecule has 0 fully saturated rings. The van der Waals surface area contributed by atoms with Gasteiger partial charge in [-0.15, -0.1) is 0 Å². The Morgan fingerprint density at radius 1 is 1.64 bits per heavy atom. The molecule has 1 atom stereocenters. The molecule has 0 saturated heterocycles. The molecule has 0 spiro atoms. The van der Waals surface area contributed by atoms with Crippen LogP contribution in [0.5, 0.6) is 0 Å². The number of carbonyl (C=O) groups excluding carboxylic acids is 1. The first-order chi connectivity index (χ1) is 6.56. The predicted molar refractivity (Wildman–Crippen MR) is 53.2 cm³/mol. The second-order valence-corrected chi connectivity index (χ2v) is 3.31. The summed E-state index contributed by atoms with van der Waals surface area (Å²) in [5.41, 5.74) is 6.02. The Labute approximate surface area is 91.0 Å². The van der Waals surface area contributed by atoms with Crippen LogP contribution >= 0.6 is 23.2 Å². The summed E-state index contributed by atoms with van der Waals surface area (Å²) in [5.74, 6) is -0.551. The summed E-state index contributed by atoms with van der Waals surface area (Å²) in [6.07, 6.45) is 1.38. The Balaban J connectivity index is 2.96. The minimum Gasteiger partial charge on any atom is -0.468 e. The zero-order valence-electron chi connectivity index (χ0n) is 7.33. The molecule has 76 valence electrons. The van der Waals surface area contributed by atoms with Gasteiger partial charge in [0.25, 0.3) is 0 Å². The Bertz CT molecular complexity index is 357. The third kappa shape index (κ3) is 2.35. The fraction of sp³-hybridized carbons (Fsp3) is 0.250. The third-order valence-electron chi connectivity index (χ3n) is 1.63. The molecule has 4 nitrogen and oxygen atoms in total. The smallest absolute Gasteiger partial charge is 0.327 e. The van der Waals surface area contributed by atoms with Gasteiger partial charge in [-0.05, 0) is 11.6 Å². The van der Waals surface area contributed by atoms with Crippen LogP contribution < -0.4 is 5.73 Å². The molecule has 0 aliphatic carbocycles. The molecule has 0 bridgehead atoms. The fourth-order valence-corrected chi connectivity index (χ4v) is 1.15. The van der Waals surface area contributed by atoms with Gasteiger partial charge < -0.3 is 10.5 Å². The van der Waals surface area contributed by atoms with Crippen LogP contribution in [0.3, 0.4) is 0 Å². The number of carbonyl (C=O) groups is 1. The van der Waals surface area contributed by atoms with E-state index < -0.39 is 12.0 Å². The van der Waals surface area contributed by atoms with Gasteiger partial charge >= 0.3 is 5.97 Å². The maximum Gasteiger partial charge on any atom is 0.327 e. The number of hydrogen-bond donors (Lipinski definition) is 1. The highest BCUT2D eigenvalue weighted by Gasteiger charge is 2.17. The average molecular weight is 235 g/mol. The summed E-state index contributed by atoms with van der Waals surface area (Å²) in [4.78, 5) is 14.8. The highest BCUT2D eigenvalue weighted by atomic mass is 35.5. The molecule has 1 heterocycles. The zero-order valence-corrected chi connectivity index (χ0v) is 8.84. The standard InChI is InChI=1S/C8H8Cl2N2O2/c1-14-8(13)6(11)4-2-5(9)7(10)12-3-4/h2-3,6H,11H2,1H3. The monoisotopic (exact) mass is 234 g/mol. The molecule has 1 unspecified atom stereocenters. The summed E-state index contributed by atoms with van der Waals surface area (Å²) in [7, 11) is 1.26. The number of nitrogens with two attached hydrogens (primary N) is 1. The zero-order chi connectivity index (χ0) is 10.7. The molecule has 2 N–H and O–H groups in total. The molecule has 1 rings (SSSR count). The number of esters is 1. The average Bonchev–Trinajstić information content (AvgIpc) is 2.20. The van der Waals surface area contributed by atoms with Gasteiger partial charge in [-0.2, -0.15) is 0 Å². The van der Waals surface area contributed by atoms with E-state index in [0.29, 0.717) is 5.56 Å². The van der Waals surface area contributed by atoms with Gasteiger partial charge in [0.15, 0.2) is 0 Å². The second-order valence-electron chi connectivity index (χ2n) is 2.54. The molecule has 0 amide bonds. The van der Waals surface area contributed by atoms with E-state index in [9.17, 15) is 4.79 Å². The summed E-state index contributed by atoms with van der Waals surface area (Å²) < 4.78 is 4.47. The van der Waals surface area contributed by atoms with Crippen molar-refractivity contribution in [2.45, 2.75) is 6.04 Å². The Morgan fingerprint density at radius 2 is 2.29 bits per heavy atom. The van der Waals surface area contributed by atoms with Crippen molar-refractivity contribution in [1.29, 1.82) is 0 Å². The Hall–Kier alpha value is -0.840. The van der Waals surface area contributed by atoms with Gasteiger partial charge in [-0.1, -0.05) is 23.2 Å². The number of pyridine rings is 1. The van der Waals surface area contributed by atoms with Crippen LogP contribution in [0.2, 0.25) is 10.2 Å². The van der Waals surface area contributed by atoms with Crippen molar-refractivity contribution in [3.8, 4) is 0 Å². The van der Waals surface area contributed by atoms with Crippen molar-refractivity contribution in [2.24, 2.45) is 5.73 Å². The van der Waals surface area contributed by atoms with E-state index in [2.05, 4.69) is 9.72 Å². The normalized spacial score (nSPS) is 12.3. The molecule has 1 aromatic heterocycles. The Morgan fingerprint density at radius 3 is 2.79 bits per heavy atom. The van der Waals surface area contributed by atoms with Crippen LogP contribution in [0.4, 0.5) is 0 Å². The molecule has 14 heavy (non-hydrogen) atoms. The lowest BCUT2D eigenvalue weighted by Crippen LogP contribution is -2.22. The molecule has 1 aromatic rings. The summed E-state index contributed by atoms with van der Waals surface area (Å²) in [6, 6.07) is 0.598. The van der Waals surface area contributed by atoms with E-state index in [1.807, 2.05) is 0 Å². The van der Waals surface area contributed by atoms with Crippen molar-refractivity contribution in [3.05, 3.63) is 28.0 Å². The number of halogens is 2.